The van der Waals surface area contributed by atoms with Gasteiger partial charge in [0, 0.05) is 12.2 Å². The highest BCUT2D eigenvalue weighted by atomic mass is 16.3. The van der Waals surface area contributed by atoms with Crippen molar-refractivity contribution in [3.8, 4) is 0 Å². The summed E-state index contributed by atoms with van der Waals surface area (Å²) in [5.41, 5.74) is 1.23. The summed E-state index contributed by atoms with van der Waals surface area (Å²) in [5, 5.41) is 13.8. The lowest BCUT2D eigenvalue weighted by atomic mass is 9.83. The maximum Gasteiger partial charge on any atom is 0.0789 e. The second-order valence-corrected chi connectivity index (χ2v) is 5.15. The number of rotatable bonds is 1. The number of hydrogen-bond acceptors (Lipinski definition) is 3. The van der Waals surface area contributed by atoms with Crippen molar-refractivity contribution in [3.63, 3.8) is 0 Å². The fourth-order valence-corrected chi connectivity index (χ4v) is 3.38. The van der Waals surface area contributed by atoms with Gasteiger partial charge >= 0.3 is 0 Å². The number of anilines is 1. The Morgan fingerprint density at radius 2 is 1.88 bits per heavy atom. The van der Waals surface area contributed by atoms with Gasteiger partial charge in [0.2, 0.25) is 0 Å². The average Bonchev–Trinajstić information content (AvgIpc) is 2.69. The number of aliphatic hydroxyl groups excluding tert-OH is 1. The Balaban J connectivity index is 1.93. The first kappa shape index (κ1) is 11.1. The fraction of sp³-hybridized carbons (Fsp3) is 0.571. The Morgan fingerprint density at radius 3 is 2.59 bits per heavy atom. The van der Waals surface area contributed by atoms with E-state index in [1.807, 2.05) is 6.07 Å². The first-order valence-corrected chi connectivity index (χ1v) is 6.54. The Morgan fingerprint density at radius 1 is 1.18 bits per heavy atom. The van der Waals surface area contributed by atoms with Crippen molar-refractivity contribution >= 4 is 5.69 Å². The van der Waals surface area contributed by atoms with E-state index in [1.54, 1.807) is 0 Å². The van der Waals surface area contributed by atoms with Crippen LogP contribution in [0, 0.1) is 0 Å². The van der Waals surface area contributed by atoms with Gasteiger partial charge in [0.05, 0.1) is 11.6 Å². The van der Waals surface area contributed by atoms with Crippen molar-refractivity contribution in [2.45, 2.75) is 30.9 Å². The van der Waals surface area contributed by atoms with Crippen molar-refractivity contribution in [2.24, 2.45) is 0 Å². The molecule has 1 atom stereocenters. The third-order valence-electron chi connectivity index (χ3n) is 4.32. The maximum atomic E-state index is 10.4. The molecule has 3 rings (SSSR count). The molecule has 0 unspecified atom stereocenters. The molecular weight excluding hydrogens is 212 g/mol. The van der Waals surface area contributed by atoms with Gasteiger partial charge in [0.1, 0.15) is 0 Å². The lowest BCUT2D eigenvalue weighted by Crippen LogP contribution is -2.56. The number of benzene rings is 1. The smallest absolute Gasteiger partial charge is 0.0789 e. The zero-order chi connectivity index (χ0) is 11.7. The van der Waals surface area contributed by atoms with Crippen LogP contribution in [0.5, 0.6) is 0 Å². The molecule has 1 aromatic carbocycles. The second-order valence-electron chi connectivity index (χ2n) is 5.15. The maximum absolute atomic E-state index is 10.4. The molecule has 1 spiro atoms. The largest absolute Gasteiger partial charge is 0.391 e. The van der Waals surface area contributed by atoms with Gasteiger partial charge < -0.3 is 15.3 Å². The SMILES string of the molecule is O[C@H]1CCN(c2ccccc2)C12CCNCC2. The molecule has 2 saturated heterocycles. The molecule has 1 aromatic rings. The number of aliphatic hydroxyl groups is 1. The fourth-order valence-electron chi connectivity index (χ4n) is 3.38. The quantitative estimate of drug-likeness (QED) is 0.768. The Labute approximate surface area is 102 Å². The number of nitrogens with zero attached hydrogens (tertiary/aromatic N) is 1. The first-order chi connectivity index (χ1) is 8.33. The lowest BCUT2D eigenvalue weighted by Gasteiger charge is -2.45. The summed E-state index contributed by atoms with van der Waals surface area (Å²) in [4.78, 5) is 2.43. The zero-order valence-electron chi connectivity index (χ0n) is 10.1. The summed E-state index contributed by atoms with van der Waals surface area (Å²) in [6.07, 6.45) is 2.81. The van der Waals surface area contributed by atoms with Crippen molar-refractivity contribution in [3.05, 3.63) is 30.3 Å². The molecule has 3 heteroatoms. The van der Waals surface area contributed by atoms with E-state index < -0.39 is 0 Å². The van der Waals surface area contributed by atoms with Gasteiger partial charge in [-0.1, -0.05) is 18.2 Å². The third kappa shape index (κ3) is 1.74. The van der Waals surface area contributed by atoms with Crippen LogP contribution in [0.1, 0.15) is 19.3 Å². The van der Waals surface area contributed by atoms with E-state index in [1.165, 1.54) is 5.69 Å². The van der Waals surface area contributed by atoms with Gasteiger partial charge in [-0.2, -0.15) is 0 Å². The molecule has 2 heterocycles. The molecule has 2 N–H and O–H groups in total. The minimum atomic E-state index is -0.176. The van der Waals surface area contributed by atoms with Crippen LogP contribution in [0.15, 0.2) is 30.3 Å². The molecule has 17 heavy (non-hydrogen) atoms. The van der Waals surface area contributed by atoms with Gasteiger partial charge in [-0.25, -0.2) is 0 Å². The normalized spacial score (nSPS) is 27.6. The van der Waals surface area contributed by atoms with E-state index >= 15 is 0 Å². The molecule has 0 aliphatic carbocycles. The van der Waals surface area contributed by atoms with Crippen LogP contribution in [0.4, 0.5) is 5.69 Å². The molecule has 2 aliphatic heterocycles. The van der Waals surface area contributed by atoms with Gasteiger partial charge in [0.15, 0.2) is 0 Å². The van der Waals surface area contributed by atoms with E-state index in [-0.39, 0.29) is 11.6 Å². The van der Waals surface area contributed by atoms with Crippen molar-refractivity contribution in [1.82, 2.24) is 5.32 Å². The van der Waals surface area contributed by atoms with Crippen molar-refractivity contribution in [2.75, 3.05) is 24.5 Å². The molecular formula is C14H20N2O. The van der Waals surface area contributed by atoms with Crippen LogP contribution in [-0.4, -0.2) is 36.4 Å². The molecule has 0 aromatic heterocycles. The molecule has 0 amide bonds. The van der Waals surface area contributed by atoms with Gasteiger partial charge in [-0.3, -0.25) is 0 Å². The van der Waals surface area contributed by atoms with E-state index in [4.69, 9.17) is 0 Å². The van der Waals surface area contributed by atoms with Crippen molar-refractivity contribution in [1.29, 1.82) is 0 Å². The Bertz CT molecular complexity index is 373. The summed E-state index contributed by atoms with van der Waals surface area (Å²) >= 11 is 0. The van der Waals surface area contributed by atoms with Crippen LogP contribution >= 0.6 is 0 Å². The standard InChI is InChI=1S/C14H20N2O/c17-13-6-11-16(12-4-2-1-3-5-12)14(13)7-9-15-10-8-14/h1-5,13,15,17H,6-11H2/t13-/m0/s1. The average molecular weight is 232 g/mol. The summed E-state index contributed by atoms with van der Waals surface area (Å²) in [5.74, 6) is 0. The number of hydrogen-bond donors (Lipinski definition) is 2. The van der Waals surface area contributed by atoms with Gasteiger partial charge in [-0.15, -0.1) is 0 Å². The zero-order valence-corrected chi connectivity index (χ0v) is 10.1. The summed E-state index contributed by atoms with van der Waals surface area (Å²) in [7, 11) is 0. The second kappa shape index (κ2) is 4.31. The summed E-state index contributed by atoms with van der Waals surface area (Å²) in [6, 6.07) is 10.5. The van der Waals surface area contributed by atoms with E-state index in [9.17, 15) is 5.11 Å². The number of nitrogens with one attached hydrogen (secondary N) is 1. The monoisotopic (exact) mass is 232 g/mol. The van der Waals surface area contributed by atoms with Crippen molar-refractivity contribution < 1.29 is 5.11 Å². The highest BCUT2D eigenvalue weighted by Crippen LogP contribution is 2.40. The van der Waals surface area contributed by atoms with Crippen LogP contribution in [-0.2, 0) is 0 Å². The topological polar surface area (TPSA) is 35.5 Å². The number of para-hydroxylation sites is 1. The summed E-state index contributed by atoms with van der Waals surface area (Å²) in [6.45, 7) is 3.01. The molecule has 2 fully saturated rings. The third-order valence-corrected chi connectivity index (χ3v) is 4.32. The molecule has 0 radical (unpaired) electrons. The predicted octanol–water partition coefficient (Wildman–Crippen LogP) is 1.38. The molecule has 0 saturated carbocycles. The van der Waals surface area contributed by atoms with Gasteiger partial charge in [0.25, 0.3) is 0 Å². The minimum Gasteiger partial charge on any atom is -0.391 e. The number of piperidine rings is 1. The van der Waals surface area contributed by atoms with Crippen LogP contribution < -0.4 is 10.2 Å². The minimum absolute atomic E-state index is 0.0212. The van der Waals surface area contributed by atoms with Crippen LogP contribution in [0.25, 0.3) is 0 Å². The Hall–Kier alpha value is -1.06. The van der Waals surface area contributed by atoms with E-state index in [2.05, 4.69) is 34.5 Å². The van der Waals surface area contributed by atoms with E-state index in [0.29, 0.717) is 0 Å². The molecule has 92 valence electrons. The Kier molecular flexibility index (Phi) is 2.81. The van der Waals surface area contributed by atoms with E-state index in [0.717, 1.165) is 38.9 Å². The van der Waals surface area contributed by atoms with Crippen LogP contribution in [0.3, 0.4) is 0 Å². The highest BCUT2D eigenvalue weighted by molar-refractivity contribution is 5.51. The van der Waals surface area contributed by atoms with Gasteiger partial charge in [-0.05, 0) is 44.5 Å². The lowest BCUT2D eigenvalue weighted by molar-refractivity contribution is 0.0871. The summed E-state index contributed by atoms with van der Waals surface area (Å²) < 4.78 is 0. The first-order valence-electron chi connectivity index (χ1n) is 6.54. The predicted molar refractivity (Wildman–Crippen MR) is 69.2 cm³/mol. The molecule has 2 aliphatic rings. The highest BCUT2D eigenvalue weighted by Gasteiger charge is 2.48. The van der Waals surface area contributed by atoms with Crippen LogP contribution in [0.2, 0.25) is 0 Å². The molecule has 3 nitrogen and oxygen atoms in total. The molecule has 0 bridgehead atoms.